The van der Waals surface area contributed by atoms with Gasteiger partial charge in [-0.15, -0.1) is 0 Å². The van der Waals surface area contributed by atoms with Crippen LogP contribution in [-0.2, 0) is 30.0 Å². The number of hydrogen-bond donors (Lipinski definition) is 3. The van der Waals surface area contributed by atoms with Crippen LogP contribution in [0.15, 0.2) is 36.4 Å². The number of fused-ring (bicyclic) bond motifs is 1. The standard InChI is InChI=1S/C25H29F3N4O6/c1-2-37-23-18(13-20(33)38-23)30-21(34)19-12-11-16-5-3-4-6-17(22(35)32(16)19)31-24(36)29-15-9-7-14(8-10-15)25(26,27)28/h3-4,7-10,16-19,23H,2,5-6,11-13H2,1H3,(H,30,34)(H2,29,31,36)/b4-3-/t16-,17+,18?,19+,23?/m1/s1. The van der Waals surface area contributed by atoms with Crippen molar-refractivity contribution in [1.29, 1.82) is 0 Å². The van der Waals surface area contributed by atoms with E-state index in [1.54, 1.807) is 13.0 Å². The minimum Gasteiger partial charge on any atom is -0.433 e. The number of nitrogens with zero attached hydrogens (tertiary/aromatic N) is 1. The lowest BCUT2D eigenvalue weighted by Crippen LogP contribution is -2.57. The SMILES string of the molecule is CCOC1OC(=O)CC1NC(=O)[C@@H]1CC[C@H]2C/C=C\C[C@H](NC(=O)Nc3ccc(C(F)(F)F)cc3)C(=O)N21. The van der Waals surface area contributed by atoms with E-state index >= 15 is 0 Å². The highest BCUT2D eigenvalue weighted by atomic mass is 19.4. The second-order valence-corrected chi connectivity index (χ2v) is 9.29. The molecule has 0 saturated carbocycles. The first-order valence-electron chi connectivity index (χ1n) is 12.4. The van der Waals surface area contributed by atoms with Gasteiger partial charge < -0.3 is 30.3 Å². The highest BCUT2D eigenvalue weighted by molar-refractivity contribution is 5.96. The number of cyclic esters (lactones) is 1. The van der Waals surface area contributed by atoms with Crippen LogP contribution in [0.25, 0.3) is 0 Å². The Balaban J connectivity index is 1.42. The molecular weight excluding hydrogens is 509 g/mol. The van der Waals surface area contributed by atoms with Crippen molar-refractivity contribution in [2.45, 2.75) is 75.7 Å². The van der Waals surface area contributed by atoms with Crippen molar-refractivity contribution < 1.29 is 41.8 Å². The van der Waals surface area contributed by atoms with E-state index in [9.17, 15) is 32.3 Å². The molecule has 0 spiro atoms. The molecule has 2 unspecified atom stereocenters. The number of alkyl halides is 3. The molecule has 0 aliphatic carbocycles. The fourth-order valence-electron chi connectivity index (χ4n) is 4.91. The molecule has 13 heteroatoms. The van der Waals surface area contributed by atoms with Crippen molar-refractivity contribution in [3.63, 3.8) is 0 Å². The van der Waals surface area contributed by atoms with Crippen molar-refractivity contribution >= 4 is 29.5 Å². The number of urea groups is 1. The molecule has 5 atom stereocenters. The summed E-state index contributed by atoms with van der Waals surface area (Å²) < 4.78 is 48.8. The van der Waals surface area contributed by atoms with E-state index in [0.717, 1.165) is 24.3 Å². The first kappa shape index (κ1) is 27.4. The Bertz CT molecular complexity index is 1090. The zero-order valence-electron chi connectivity index (χ0n) is 20.6. The van der Waals surface area contributed by atoms with Crippen LogP contribution in [0.4, 0.5) is 23.7 Å². The molecule has 2 saturated heterocycles. The van der Waals surface area contributed by atoms with Crippen LogP contribution in [0.1, 0.15) is 44.6 Å². The summed E-state index contributed by atoms with van der Waals surface area (Å²) in [4.78, 5) is 52.5. The Morgan fingerprint density at radius 1 is 1.08 bits per heavy atom. The summed E-state index contributed by atoms with van der Waals surface area (Å²) in [5.41, 5.74) is -0.730. The van der Waals surface area contributed by atoms with Crippen LogP contribution >= 0.6 is 0 Å². The summed E-state index contributed by atoms with van der Waals surface area (Å²) in [6.45, 7) is 2.02. The number of esters is 1. The van der Waals surface area contributed by atoms with Crippen LogP contribution < -0.4 is 16.0 Å². The second kappa shape index (κ2) is 11.4. The largest absolute Gasteiger partial charge is 0.433 e. The van der Waals surface area contributed by atoms with E-state index in [-0.39, 0.29) is 31.2 Å². The molecular formula is C25H29F3N4O6. The Hall–Kier alpha value is -3.61. The number of nitrogens with one attached hydrogen (secondary N) is 3. The molecule has 4 rings (SSSR count). The average Bonchev–Trinajstić information content (AvgIpc) is 3.42. The quantitative estimate of drug-likeness (QED) is 0.378. The molecule has 3 N–H and O–H groups in total. The predicted molar refractivity (Wildman–Crippen MR) is 127 cm³/mol. The molecule has 10 nitrogen and oxygen atoms in total. The Labute approximate surface area is 216 Å². The molecule has 3 aliphatic rings. The summed E-state index contributed by atoms with van der Waals surface area (Å²) in [5.74, 6) is -1.38. The third-order valence-corrected chi connectivity index (χ3v) is 6.70. The van der Waals surface area contributed by atoms with Gasteiger partial charge in [-0.3, -0.25) is 14.4 Å². The molecule has 0 bridgehead atoms. The van der Waals surface area contributed by atoms with E-state index < -0.39 is 60.0 Å². The third-order valence-electron chi connectivity index (χ3n) is 6.70. The van der Waals surface area contributed by atoms with Gasteiger partial charge in [0, 0.05) is 18.3 Å². The van der Waals surface area contributed by atoms with Crippen LogP contribution in [0, 0.1) is 0 Å². The zero-order valence-corrected chi connectivity index (χ0v) is 20.6. The highest BCUT2D eigenvalue weighted by Crippen LogP contribution is 2.31. The summed E-state index contributed by atoms with van der Waals surface area (Å²) >= 11 is 0. The number of amides is 4. The number of hydrogen-bond acceptors (Lipinski definition) is 6. The van der Waals surface area contributed by atoms with E-state index in [4.69, 9.17) is 9.47 Å². The molecule has 3 aliphatic heterocycles. The monoisotopic (exact) mass is 538 g/mol. The normalized spacial score (nSPS) is 28.1. The summed E-state index contributed by atoms with van der Waals surface area (Å²) in [7, 11) is 0. The van der Waals surface area contributed by atoms with Gasteiger partial charge in [0.15, 0.2) is 0 Å². The van der Waals surface area contributed by atoms with E-state index in [1.807, 2.05) is 6.08 Å². The van der Waals surface area contributed by atoms with Crippen molar-refractivity contribution in [3.8, 4) is 0 Å². The summed E-state index contributed by atoms with van der Waals surface area (Å²) in [6.07, 6.45) is -0.0743. The Morgan fingerprint density at radius 2 is 1.79 bits per heavy atom. The van der Waals surface area contributed by atoms with Gasteiger partial charge in [-0.2, -0.15) is 13.2 Å². The number of halogens is 3. The lowest BCUT2D eigenvalue weighted by molar-refractivity contribution is -0.164. The van der Waals surface area contributed by atoms with Crippen molar-refractivity contribution in [1.82, 2.24) is 15.5 Å². The van der Waals surface area contributed by atoms with E-state index in [2.05, 4.69) is 16.0 Å². The van der Waals surface area contributed by atoms with Crippen LogP contribution in [0.2, 0.25) is 0 Å². The maximum atomic E-state index is 13.5. The van der Waals surface area contributed by atoms with Gasteiger partial charge in [-0.05, 0) is 56.9 Å². The Morgan fingerprint density at radius 3 is 2.47 bits per heavy atom. The summed E-state index contributed by atoms with van der Waals surface area (Å²) in [5, 5.41) is 7.79. The van der Waals surface area contributed by atoms with E-state index in [0.29, 0.717) is 19.3 Å². The Kier molecular flexibility index (Phi) is 8.24. The molecule has 1 aromatic rings. The number of rotatable bonds is 6. The van der Waals surface area contributed by atoms with Crippen molar-refractivity contribution in [2.75, 3.05) is 11.9 Å². The fourth-order valence-corrected chi connectivity index (χ4v) is 4.91. The second-order valence-electron chi connectivity index (χ2n) is 9.29. The molecule has 0 radical (unpaired) electrons. The predicted octanol–water partition coefficient (Wildman–Crippen LogP) is 2.70. The van der Waals surface area contributed by atoms with E-state index in [1.165, 1.54) is 4.90 Å². The zero-order chi connectivity index (χ0) is 27.4. The van der Waals surface area contributed by atoms with Crippen molar-refractivity contribution in [3.05, 3.63) is 42.0 Å². The summed E-state index contributed by atoms with van der Waals surface area (Å²) in [6, 6.07) is 0.424. The number of carbonyl (C=O) groups excluding carboxylic acids is 4. The highest BCUT2D eigenvalue weighted by Gasteiger charge is 2.45. The van der Waals surface area contributed by atoms with Crippen LogP contribution in [0.5, 0.6) is 0 Å². The van der Waals surface area contributed by atoms with Gasteiger partial charge in [-0.25, -0.2) is 4.79 Å². The minimum atomic E-state index is -4.50. The van der Waals surface area contributed by atoms with Gasteiger partial charge in [0.2, 0.25) is 18.1 Å². The molecule has 3 heterocycles. The van der Waals surface area contributed by atoms with Gasteiger partial charge in [-0.1, -0.05) is 12.2 Å². The van der Waals surface area contributed by atoms with Crippen LogP contribution in [-0.4, -0.2) is 65.8 Å². The minimum absolute atomic E-state index is 0.0441. The average molecular weight is 539 g/mol. The van der Waals surface area contributed by atoms with Gasteiger partial charge in [0.05, 0.1) is 12.0 Å². The molecule has 206 valence electrons. The molecule has 1 aromatic carbocycles. The van der Waals surface area contributed by atoms with Gasteiger partial charge in [0.25, 0.3) is 0 Å². The first-order valence-corrected chi connectivity index (χ1v) is 12.4. The maximum absolute atomic E-state index is 13.5. The number of ether oxygens (including phenoxy) is 2. The third kappa shape index (κ3) is 6.26. The number of benzene rings is 1. The molecule has 0 aromatic heterocycles. The number of carbonyl (C=O) groups is 4. The first-order chi connectivity index (χ1) is 18.1. The molecule has 2 fully saturated rings. The molecule has 38 heavy (non-hydrogen) atoms. The van der Waals surface area contributed by atoms with Crippen molar-refractivity contribution in [2.24, 2.45) is 0 Å². The number of anilines is 1. The van der Waals surface area contributed by atoms with Crippen LogP contribution in [0.3, 0.4) is 0 Å². The maximum Gasteiger partial charge on any atom is 0.416 e. The lowest BCUT2D eigenvalue weighted by Gasteiger charge is -2.34. The molecule has 4 amide bonds. The fraction of sp³-hybridized carbons (Fsp3) is 0.520. The smallest absolute Gasteiger partial charge is 0.416 e. The lowest BCUT2D eigenvalue weighted by atomic mass is 10.0. The van der Waals surface area contributed by atoms with Gasteiger partial charge >= 0.3 is 18.2 Å². The topological polar surface area (TPSA) is 126 Å². The van der Waals surface area contributed by atoms with Gasteiger partial charge in [0.1, 0.15) is 18.1 Å².